The third-order valence-corrected chi connectivity index (χ3v) is 5.25. The number of nitrogens with one attached hydrogen (secondary N) is 2. The normalized spacial score (nSPS) is 18.6. The molecular formula is C21H22ClN3O4. The number of carbonyl (C=O) groups is 3. The Kier molecular flexibility index (Phi) is 5.79. The monoisotopic (exact) mass is 415 g/mol. The first-order chi connectivity index (χ1) is 13.7. The first-order valence-corrected chi connectivity index (χ1v) is 9.43. The number of benzene rings is 2. The summed E-state index contributed by atoms with van der Waals surface area (Å²) in [4.78, 5) is 38.6. The number of nitrogens with zero attached hydrogens (tertiary/aromatic N) is 1. The van der Waals surface area contributed by atoms with E-state index in [0.29, 0.717) is 16.5 Å². The highest BCUT2D eigenvalue weighted by atomic mass is 35.5. The van der Waals surface area contributed by atoms with Crippen LogP contribution in [0.2, 0.25) is 5.02 Å². The molecule has 8 heteroatoms. The van der Waals surface area contributed by atoms with Gasteiger partial charge in [-0.2, -0.15) is 0 Å². The lowest BCUT2D eigenvalue weighted by Crippen LogP contribution is -2.46. The average Bonchev–Trinajstić information content (AvgIpc) is 2.88. The zero-order valence-corrected chi connectivity index (χ0v) is 17.2. The number of para-hydroxylation sites is 1. The molecule has 0 saturated carbocycles. The molecule has 0 aliphatic carbocycles. The second-order valence-electron chi connectivity index (χ2n) is 7.15. The molecule has 1 fully saturated rings. The van der Waals surface area contributed by atoms with Gasteiger partial charge in [-0.3, -0.25) is 14.5 Å². The average molecular weight is 416 g/mol. The Hall–Kier alpha value is -3.06. The fourth-order valence-electron chi connectivity index (χ4n) is 3.26. The number of aryl methyl sites for hydroxylation is 1. The number of anilines is 1. The van der Waals surface area contributed by atoms with Crippen LogP contribution in [0.5, 0.6) is 5.75 Å². The maximum absolute atomic E-state index is 12.9. The highest BCUT2D eigenvalue weighted by Gasteiger charge is 2.48. The predicted octanol–water partition coefficient (Wildman–Crippen LogP) is 3.15. The number of imide groups is 1. The van der Waals surface area contributed by atoms with E-state index in [1.165, 1.54) is 0 Å². The molecule has 0 unspecified atom stereocenters. The smallest absolute Gasteiger partial charge is 0.325 e. The van der Waals surface area contributed by atoms with Crippen molar-refractivity contribution in [1.82, 2.24) is 10.2 Å². The summed E-state index contributed by atoms with van der Waals surface area (Å²) in [5, 5.41) is 5.87. The highest BCUT2D eigenvalue weighted by molar-refractivity contribution is 6.31. The topological polar surface area (TPSA) is 87.7 Å². The third kappa shape index (κ3) is 4.35. The van der Waals surface area contributed by atoms with Crippen LogP contribution in [-0.4, -0.2) is 41.9 Å². The van der Waals surface area contributed by atoms with Crippen molar-refractivity contribution in [2.75, 3.05) is 19.0 Å². The van der Waals surface area contributed by atoms with Gasteiger partial charge in [0.2, 0.25) is 5.91 Å². The highest BCUT2D eigenvalue weighted by Crippen LogP contribution is 2.27. The number of carbonyl (C=O) groups excluding carboxylic acids is 3. The van der Waals surface area contributed by atoms with E-state index in [9.17, 15) is 14.4 Å². The lowest BCUT2D eigenvalue weighted by atomic mass is 9.92. The molecule has 7 nitrogen and oxygen atoms in total. The number of urea groups is 1. The van der Waals surface area contributed by atoms with Gasteiger partial charge < -0.3 is 15.4 Å². The van der Waals surface area contributed by atoms with E-state index < -0.39 is 29.9 Å². The Morgan fingerprint density at radius 1 is 1.24 bits per heavy atom. The molecule has 1 aliphatic heterocycles. The molecular weight excluding hydrogens is 394 g/mol. The van der Waals surface area contributed by atoms with Crippen LogP contribution in [0, 0.1) is 6.92 Å². The lowest BCUT2D eigenvalue weighted by molar-refractivity contribution is -0.133. The largest absolute Gasteiger partial charge is 0.496 e. The van der Waals surface area contributed by atoms with Gasteiger partial charge in [0, 0.05) is 17.1 Å². The van der Waals surface area contributed by atoms with Crippen molar-refractivity contribution < 1.29 is 19.1 Å². The molecule has 152 valence electrons. The fraction of sp³-hybridized carbons (Fsp3) is 0.286. The van der Waals surface area contributed by atoms with E-state index >= 15 is 0 Å². The molecule has 2 aromatic carbocycles. The minimum atomic E-state index is -1.17. The van der Waals surface area contributed by atoms with E-state index in [1.807, 2.05) is 25.1 Å². The number of rotatable bonds is 6. The second-order valence-corrected chi connectivity index (χ2v) is 7.56. The third-order valence-electron chi connectivity index (χ3n) is 4.84. The van der Waals surface area contributed by atoms with Gasteiger partial charge in [0.1, 0.15) is 17.8 Å². The minimum Gasteiger partial charge on any atom is -0.496 e. The zero-order chi connectivity index (χ0) is 21.2. The minimum absolute atomic E-state index is 0.243. The molecule has 29 heavy (non-hydrogen) atoms. The molecule has 2 N–H and O–H groups in total. The molecule has 0 radical (unpaired) electrons. The molecule has 2 aromatic rings. The van der Waals surface area contributed by atoms with Gasteiger partial charge in [0.25, 0.3) is 5.91 Å². The van der Waals surface area contributed by atoms with E-state index in [4.69, 9.17) is 16.3 Å². The van der Waals surface area contributed by atoms with Crippen molar-refractivity contribution in [2.45, 2.75) is 25.8 Å². The van der Waals surface area contributed by atoms with Crippen molar-refractivity contribution in [2.24, 2.45) is 0 Å². The Bertz CT molecular complexity index is 978. The van der Waals surface area contributed by atoms with Crippen molar-refractivity contribution in [3.63, 3.8) is 0 Å². The summed E-state index contributed by atoms with van der Waals surface area (Å²) < 4.78 is 5.33. The maximum Gasteiger partial charge on any atom is 0.325 e. The Morgan fingerprint density at radius 2 is 1.97 bits per heavy atom. The van der Waals surface area contributed by atoms with Gasteiger partial charge >= 0.3 is 6.03 Å². The molecule has 1 aliphatic rings. The quantitative estimate of drug-likeness (QED) is 0.709. The molecule has 1 saturated heterocycles. The summed E-state index contributed by atoms with van der Waals surface area (Å²) in [6.45, 7) is 3.10. The van der Waals surface area contributed by atoms with Gasteiger partial charge in [-0.05, 0) is 43.2 Å². The van der Waals surface area contributed by atoms with Crippen LogP contribution in [0.4, 0.5) is 10.5 Å². The molecule has 3 rings (SSSR count). The van der Waals surface area contributed by atoms with Crippen molar-refractivity contribution in [3.05, 3.63) is 58.6 Å². The van der Waals surface area contributed by atoms with E-state index in [-0.39, 0.29) is 6.42 Å². The van der Waals surface area contributed by atoms with Crippen LogP contribution in [-0.2, 0) is 16.0 Å². The number of hydrogen-bond acceptors (Lipinski definition) is 4. The number of methoxy groups -OCH3 is 1. The fourth-order valence-corrected chi connectivity index (χ4v) is 3.44. The van der Waals surface area contributed by atoms with E-state index in [0.717, 1.165) is 16.0 Å². The van der Waals surface area contributed by atoms with E-state index in [2.05, 4.69) is 10.6 Å². The van der Waals surface area contributed by atoms with Crippen molar-refractivity contribution >= 4 is 35.1 Å². The van der Waals surface area contributed by atoms with Crippen LogP contribution in [0.3, 0.4) is 0 Å². The van der Waals surface area contributed by atoms with Gasteiger partial charge in [-0.25, -0.2) is 4.79 Å². The van der Waals surface area contributed by atoms with Crippen LogP contribution in [0.25, 0.3) is 0 Å². The van der Waals surface area contributed by atoms with E-state index in [1.54, 1.807) is 38.3 Å². The summed E-state index contributed by atoms with van der Waals surface area (Å²) in [5.41, 5.74) is 0.992. The molecule has 0 aromatic heterocycles. The molecule has 0 bridgehead atoms. The molecule has 0 spiro atoms. The first-order valence-electron chi connectivity index (χ1n) is 9.05. The van der Waals surface area contributed by atoms with Crippen LogP contribution in [0.15, 0.2) is 42.5 Å². The van der Waals surface area contributed by atoms with Crippen LogP contribution in [0.1, 0.15) is 18.1 Å². The summed E-state index contributed by atoms with van der Waals surface area (Å²) >= 11 is 6.06. The van der Waals surface area contributed by atoms with Gasteiger partial charge in [-0.1, -0.05) is 35.9 Å². The number of halogens is 1. The maximum atomic E-state index is 12.9. The van der Waals surface area contributed by atoms with Crippen LogP contribution >= 0.6 is 11.6 Å². The first kappa shape index (κ1) is 20.7. The SMILES string of the molecule is COc1ccccc1C[C@@]1(C)NC(=O)N(CC(=O)Nc2ccc(C)c(Cl)c2)C1=O. The zero-order valence-electron chi connectivity index (χ0n) is 16.4. The second kappa shape index (κ2) is 8.13. The molecule has 4 amide bonds. The summed E-state index contributed by atoms with van der Waals surface area (Å²) in [5.74, 6) is -0.330. The van der Waals surface area contributed by atoms with Crippen molar-refractivity contribution in [1.29, 1.82) is 0 Å². The molecule has 1 heterocycles. The Morgan fingerprint density at radius 3 is 2.66 bits per heavy atom. The Labute approximate surface area is 174 Å². The summed E-state index contributed by atoms with van der Waals surface area (Å²) in [7, 11) is 1.55. The number of amides is 4. The lowest BCUT2D eigenvalue weighted by Gasteiger charge is -2.22. The van der Waals surface area contributed by atoms with Gasteiger partial charge in [-0.15, -0.1) is 0 Å². The van der Waals surface area contributed by atoms with Gasteiger partial charge in [0.05, 0.1) is 7.11 Å². The van der Waals surface area contributed by atoms with Crippen molar-refractivity contribution in [3.8, 4) is 5.75 Å². The Balaban J connectivity index is 1.71. The van der Waals surface area contributed by atoms with Crippen LogP contribution < -0.4 is 15.4 Å². The standard InChI is InChI=1S/C21H22ClN3O4/c1-13-8-9-15(10-16(13)22)23-18(26)12-25-19(27)21(2,24-20(25)28)11-14-6-4-5-7-17(14)29-3/h4-10H,11-12H2,1-3H3,(H,23,26)(H,24,28)/t21-/m1/s1. The molecule has 1 atom stereocenters. The summed E-state index contributed by atoms with van der Waals surface area (Å²) in [6, 6.07) is 11.8. The predicted molar refractivity (Wildman–Crippen MR) is 110 cm³/mol. The summed E-state index contributed by atoms with van der Waals surface area (Å²) in [6.07, 6.45) is 0.243. The number of hydrogen-bond donors (Lipinski definition) is 2. The van der Waals surface area contributed by atoms with Gasteiger partial charge in [0.15, 0.2) is 0 Å². The number of ether oxygens (including phenoxy) is 1.